The van der Waals surface area contributed by atoms with Gasteiger partial charge in [-0.15, -0.1) is 0 Å². The SMILES string of the molecule is Cc1ccc(O)cc1-c1ccc2nc(N)sc2c1.Cc1ccc(O)cc1-c1ccc2nc(NC(=O)[C@@H]3C[C@@H]3F)sc2c1.Cc1ccc(O)cc1C.Cc1ccc(O[Si](C)(C)C(C)(C)C)cc1-c1ccc2nc(N)sc2c1.Cc1ccc(O[Si](C)(C)C(C)(C)C)cc1-c1ccc2nc(NC(=O)[C@@H]3C[C@@H]3F)sc2c1.Nc1nc2ccc(Br)cc2s1.O=C(O)[C@@H]1C[C@@H]1F.[Cs+].[F-]. The average molecular weight is 2030 g/mol. The first-order chi connectivity index (χ1) is 58.8. The number of phenolic OH excluding ortho intramolecular Hbond substituents is 3. The second kappa shape index (κ2) is 41.9. The minimum Gasteiger partial charge on any atom is -1.00 e. The summed E-state index contributed by atoms with van der Waals surface area (Å²) in [5, 5.41) is 44.8. The number of carbonyl (C=O) groups excluding carboxylic acids is 2. The van der Waals surface area contributed by atoms with Crippen molar-refractivity contribution in [2.24, 2.45) is 17.8 Å². The summed E-state index contributed by atoms with van der Waals surface area (Å²) in [6.45, 7) is 34.8. The number of thiazole rings is 5. The third kappa shape index (κ3) is 26.3. The van der Waals surface area contributed by atoms with Gasteiger partial charge in [0.05, 0.1) is 68.8 Å². The van der Waals surface area contributed by atoms with Gasteiger partial charge in [0.1, 0.15) is 47.3 Å². The van der Waals surface area contributed by atoms with Crippen LogP contribution in [0.2, 0.25) is 36.3 Å². The van der Waals surface area contributed by atoms with E-state index in [4.69, 9.17) is 36.3 Å². The normalized spacial score (nSPS) is 16.0. The Morgan fingerprint density at radius 3 is 0.984 bits per heavy atom. The number of benzene rings is 10. The molecule has 18 rings (SSSR count). The van der Waals surface area contributed by atoms with Gasteiger partial charge >= 0.3 is 74.9 Å². The van der Waals surface area contributed by atoms with Crippen LogP contribution in [0, 0.1) is 59.3 Å². The summed E-state index contributed by atoms with van der Waals surface area (Å²) < 4.78 is 57.0. The first kappa shape index (κ1) is 100. The standard InChI is InChI=1S/C24H29FN2O2SSi.C20H26N2OSSi.C18H15FN2O2S.C14H12N2OS.C8H10O.C7H5BrN2S.C4H5FO2.Cs.FH/c1-14-7-9-16(29-31(5,6)24(2,3)4)12-17(14)15-8-10-20-21(11-15)30-23(26-20)27-22(28)18-13-19(18)25;1-13-7-9-15(23-25(5,6)20(2,3)4)12-16(13)14-8-10-17-18(11-14)24-19(21)22-17;1-9-2-4-11(22)7-12(9)10-3-5-15-16(6-10)24-18(20-15)21-17(23)13-8-14(13)19;1-8-2-4-10(17)7-11(8)9-3-5-12-13(6-9)18-14(15)16-12;1-6-3-4-8(9)5-7(6)2;8-4-1-2-5-6(3-4)11-7(9)10-5;5-3-1-2(3)4(6)7;;/h7-12,18-19H,13H2,1-6H3,(H,26,27,28);7-12H,1-6H3,(H2,21,22);2-7,13-14,22H,8H2,1H3,(H,20,21,23);2-7,17H,1H3,(H2,15,16);3-5,9H,1-2H3;1-3H,(H2,9,10);2-3H,1H2,(H,6,7);;1H/q;;;;;;;+1;/p-1/t18-,19+;;13-,14+;;;;2-,3+;;/m1.1...1../s1. The van der Waals surface area contributed by atoms with Gasteiger partial charge in [-0.2, -0.15) is 0 Å². The van der Waals surface area contributed by atoms with Crippen molar-refractivity contribution in [2.45, 2.75) is 157 Å². The number of aromatic nitrogens is 5. The molecule has 5 aromatic heterocycles. The van der Waals surface area contributed by atoms with Gasteiger partial charge < -0.3 is 61.8 Å². The minimum atomic E-state index is -1.93. The van der Waals surface area contributed by atoms with Gasteiger partial charge in [-0.1, -0.05) is 169 Å². The van der Waals surface area contributed by atoms with Crippen LogP contribution in [-0.4, -0.2) is 98.3 Å². The van der Waals surface area contributed by atoms with Crippen molar-refractivity contribution in [1.82, 2.24) is 24.9 Å². The number of rotatable bonds is 13. The van der Waals surface area contributed by atoms with E-state index in [1.807, 2.05) is 119 Å². The zero-order valence-electron chi connectivity index (χ0n) is 73.6. The fourth-order valence-electron chi connectivity index (χ4n) is 12.5. The number of nitrogen functional groups attached to an aromatic ring is 3. The van der Waals surface area contributed by atoms with E-state index in [0.717, 1.165) is 117 Å². The number of carboxylic acids is 1. The van der Waals surface area contributed by atoms with Crippen LogP contribution in [0.5, 0.6) is 28.7 Å². The Morgan fingerprint density at radius 1 is 0.402 bits per heavy atom. The maximum absolute atomic E-state index is 13.1. The van der Waals surface area contributed by atoms with Gasteiger partial charge in [0, 0.05) is 4.47 Å². The van der Waals surface area contributed by atoms with Crippen molar-refractivity contribution >= 4 is 184 Å². The molecule has 3 aliphatic rings. The predicted molar refractivity (Wildman–Crippen MR) is 520 cm³/mol. The molecule has 0 aliphatic heterocycles. The smallest absolute Gasteiger partial charge is 1.00 e. The number of amides is 2. The van der Waals surface area contributed by atoms with E-state index in [0.29, 0.717) is 44.2 Å². The molecule has 0 radical (unpaired) electrons. The van der Waals surface area contributed by atoms with Crippen LogP contribution in [-0.2, 0) is 14.4 Å². The molecule has 3 aliphatic carbocycles. The van der Waals surface area contributed by atoms with Crippen molar-refractivity contribution in [3.05, 3.63) is 220 Å². The van der Waals surface area contributed by atoms with Crippen molar-refractivity contribution in [3.8, 4) is 73.3 Å². The van der Waals surface area contributed by atoms with Crippen molar-refractivity contribution in [1.29, 1.82) is 0 Å². The van der Waals surface area contributed by atoms with Gasteiger partial charge in [-0.05, 0) is 302 Å². The van der Waals surface area contributed by atoms with Crippen molar-refractivity contribution < 1.29 is 130 Å². The molecule has 3 fully saturated rings. The molecule has 0 bridgehead atoms. The van der Waals surface area contributed by atoms with Crippen LogP contribution in [0.25, 0.3) is 95.6 Å². The molecule has 19 nitrogen and oxygen atoms in total. The summed E-state index contributed by atoms with van der Waals surface area (Å²) in [6.07, 6.45) is -2.25. The van der Waals surface area contributed by atoms with E-state index in [1.54, 1.807) is 36.4 Å². The Bertz CT molecular complexity index is 6520. The van der Waals surface area contributed by atoms with Gasteiger partial charge in [-0.3, -0.25) is 14.4 Å². The number of aromatic hydroxyl groups is 3. The predicted octanol–water partition coefficient (Wildman–Crippen LogP) is 20.1. The first-order valence-corrected chi connectivity index (χ1v) is 51.2. The molecule has 127 heavy (non-hydrogen) atoms. The van der Waals surface area contributed by atoms with Crippen molar-refractivity contribution in [2.75, 3.05) is 27.8 Å². The summed E-state index contributed by atoms with van der Waals surface area (Å²) >= 11 is 10.7. The molecule has 15 aromatic rings. The first-order valence-electron chi connectivity index (χ1n) is 40.5. The fourth-order valence-corrected chi connectivity index (χ4v) is 19.2. The molecular weight excluding hydrogens is 1930 g/mol. The maximum atomic E-state index is 13.1. The Morgan fingerprint density at radius 2 is 0.685 bits per heavy atom. The quantitative estimate of drug-likeness (QED) is 0.0383. The number of fused-ring (bicyclic) bond motifs is 5. The van der Waals surface area contributed by atoms with E-state index in [-0.39, 0.29) is 113 Å². The van der Waals surface area contributed by atoms with E-state index in [2.05, 4.69) is 188 Å². The minimum absolute atomic E-state index is 0. The maximum Gasteiger partial charge on any atom is 1.00 e. The summed E-state index contributed by atoms with van der Waals surface area (Å²) in [6, 6.07) is 58.9. The van der Waals surface area contributed by atoms with Crippen LogP contribution >= 0.6 is 72.6 Å². The fraction of sp³-hybridized carbons (Fsp3) is 0.284. The number of phenols is 3. The van der Waals surface area contributed by atoms with E-state index in [1.165, 1.54) is 84.5 Å². The molecule has 10 aromatic carbocycles. The Hall–Kier alpha value is -8.85. The Labute approximate surface area is 825 Å². The number of hydrogen-bond acceptors (Lipinski definition) is 21. The average Bonchev–Trinajstić information content (AvgIpc) is 1.77. The van der Waals surface area contributed by atoms with Crippen molar-refractivity contribution in [3.63, 3.8) is 0 Å². The van der Waals surface area contributed by atoms with Gasteiger partial charge in [0.25, 0.3) is 0 Å². The molecular formula is C95H102BrCsF4N10O9S5Si2. The van der Waals surface area contributed by atoms with Crippen LogP contribution < -0.4 is 110 Å². The Balaban J connectivity index is 0.000000161. The number of aryl methyl sites for hydroxylation is 6. The van der Waals surface area contributed by atoms with E-state index in [9.17, 15) is 37.8 Å². The molecule has 3 saturated carbocycles. The molecule has 0 spiro atoms. The number of hydrogen-bond donors (Lipinski definition) is 9. The molecule has 6 atom stereocenters. The summed E-state index contributed by atoms with van der Waals surface area (Å²) in [7, 11) is -3.78. The van der Waals surface area contributed by atoms with Gasteiger partial charge in [0.2, 0.25) is 28.4 Å². The second-order valence-corrected chi connectivity index (χ2v) is 50.0. The zero-order valence-corrected chi connectivity index (χ0v) is 87.6. The third-order valence-electron chi connectivity index (χ3n) is 22.5. The largest absolute Gasteiger partial charge is 1.00 e. The third-order valence-corrected chi connectivity index (χ3v) is 36.1. The van der Waals surface area contributed by atoms with Gasteiger partial charge in [-0.25, -0.2) is 38.1 Å². The molecule has 2 amide bonds. The Kier molecular flexibility index (Phi) is 33.1. The van der Waals surface area contributed by atoms with Crippen LogP contribution in [0.4, 0.5) is 38.8 Å². The number of nitrogens with two attached hydrogens (primary N) is 3. The van der Waals surface area contributed by atoms with Crippen LogP contribution in [0.15, 0.2) is 186 Å². The number of alkyl halides is 3. The number of nitrogens with zero attached hydrogens (tertiary/aromatic N) is 5. The zero-order chi connectivity index (χ0) is 90.6. The van der Waals surface area contributed by atoms with E-state index >= 15 is 0 Å². The topological polar surface area (TPSA) is 317 Å². The molecule has 32 heteroatoms. The summed E-state index contributed by atoms with van der Waals surface area (Å²) in [4.78, 5) is 55.1. The summed E-state index contributed by atoms with van der Waals surface area (Å²) in [5.41, 5.74) is 37.1. The van der Waals surface area contributed by atoms with Gasteiger partial charge in [0.15, 0.2) is 25.7 Å². The van der Waals surface area contributed by atoms with Crippen LogP contribution in [0.1, 0.15) is 94.2 Å². The number of carbonyl (C=O) groups is 3. The molecule has 12 N–H and O–H groups in total. The molecule has 5 heterocycles. The summed E-state index contributed by atoms with van der Waals surface area (Å²) in [5.74, 6) is -0.616. The molecule has 0 unspecified atom stereocenters. The molecule has 660 valence electrons. The number of nitrogens with one attached hydrogen (secondary N) is 2. The second-order valence-electron chi connectivity index (χ2n) is 34.4. The van der Waals surface area contributed by atoms with E-state index < -0.39 is 58.9 Å². The number of aliphatic carboxylic acids is 1. The van der Waals surface area contributed by atoms with Crippen LogP contribution in [0.3, 0.4) is 0 Å². The number of anilines is 5. The number of halogens is 5. The monoisotopic (exact) mass is 2030 g/mol. The molecule has 0 saturated heterocycles. The number of carboxylic acid groups (broad SMARTS) is 1.